The first-order chi connectivity index (χ1) is 11.1. The molecule has 0 unspecified atom stereocenters. The van der Waals surface area contributed by atoms with Crippen molar-refractivity contribution >= 4 is 45.7 Å². The molecule has 1 aromatic carbocycles. The zero-order valence-corrected chi connectivity index (χ0v) is 11.7. The number of rotatable bonds is 1. The Morgan fingerprint density at radius 3 is 2.48 bits per heavy atom. The lowest BCUT2D eigenvalue weighted by atomic mass is 10.2. The van der Waals surface area contributed by atoms with Crippen molar-refractivity contribution in [2.45, 2.75) is 0 Å². The normalized spacial score (nSPS) is 16.9. The van der Waals surface area contributed by atoms with Gasteiger partial charge in [-0.05, 0) is 12.1 Å². The molecule has 3 heterocycles. The number of piperazine rings is 1. The van der Waals surface area contributed by atoms with Gasteiger partial charge in [-0.15, -0.1) is 0 Å². The molecule has 23 heavy (non-hydrogen) atoms. The highest BCUT2D eigenvalue weighted by Crippen LogP contribution is 2.28. The van der Waals surface area contributed by atoms with Crippen LogP contribution in [-0.2, 0) is 14.4 Å². The van der Waals surface area contributed by atoms with Gasteiger partial charge in [-0.3, -0.25) is 24.7 Å². The largest absolute Gasteiger partial charge is 0.316 e. The highest BCUT2D eigenvalue weighted by Gasteiger charge is 2.28. The Morgan fingerprint density at radius 1 is 0.870 bits per heavy atom. The van der Waals surface area contributed by atoms with Crippen molar-refractivity contribution in [3.63, 3.8) is 0 Å². The number of fused-ring (bicyclic) bond motifs is 3. The molecule has 7 heteroatoms. The maximum absolute atomic E-state index is 11.9. The number of nitrogens with zero attached hydrogens (tertiary/aromatic N) is 2. The lowest BCUT2D eigenvalue weighted by molar-refractivity contribution is -0.143. The summed E-state index contributed by atoms with van der Waals surface area (Å²) in [7, 11) is 0. The molecule has 0 radical (unpaired) electrons. The van der Waals surface area contributed by atoms with Crippen LogP contribution in [0.5, 0.6) is 0 Å². The van der Waals surface area contributed by atoms with Gasteiger partial charge in [0.15, 0.2) is 0 Å². The van der Waals surface area contributed by atoms with Crippen molar-refractivity contribution in [1.82, 2.24) is 20.2 Å². The van der Waals surface area contributed by atoms with E-state index in [0.29, 0.717) is 0 Å². The number of para-hydroxylation sites is 1. The Labute approximate surface area is 129 Å². The van der Waals surface area contributed by atoms with E-state index in [2.05, 4.69) is 10.3 Å². The van der Waals surface area contributed by atoms with Crippen LogP contribution in [0.25, 0.3) is 28.0 Å². The molecular formula is C16H10N4O3. The van der Waals surface area contributed by atoms with Crippen LogP contribution in [0.1, 0.15) is 0 Å². The number of hydrogen-bond donors (Lipinski definition) is 2. The topological polar surface area (TPSA) is 93.1 Å². The third kappa shape index (κ3) is 1.98. The first-order valence-corrected chi connectivity index (χ1v) is 6.86. The van der Waals surface area contributed by atoms with Gasteiger partial charge in [-0.2, -0.15) is 0 Å². The molecule has 4 rings (SSSR count). The van der Waals surface area contributed by atoms with E-state index in [0.717, 1.165) is 21.8 Å². The van der Waals surface area contributed by atoms with Gasteiger partial charge in [0.25, 0.3) is 5.91 Å². The molecule has 112 valence electrons. The first-order valence-electron chi connectivity index (χ1n) is 6.86. The van der Waals surface area contributed by atoms with Gasteiger partial charge in [0.2, 0.25) is 0 Å². The summed E-state index contributed by atoms with van der Waals surface area (Å²) in [5, 5.41) is 6.28. The second-order valence-corrected chi connectivity index (χ2v) is 5.06. The average molecular weight is 306 g/mol. The number of carbonyl (C=O) groups is 3. The lowest BCUT2D eigenvalue weighted by Gasteiger charge is -2.15. The minimum Gasteiger partial charge on any atom is -0.312 e. The Kier molecular flexibility index (Phi) is 2.74. The van der Waals surface area contributed by atoms with Gasteiger partial charge in [0.05, 0.1) is 17.2 Å². The molecule has 1 saturated heterocycles. The summed E-state index contributed by atoms with van der Waals surface area (Å²) in [6.07, 6.45) is 4.87. The molecule has 1 aliphatic heterocycles. The molecule has 0 spiro atoms. The minimum atomic E-state index is -0.962. The van der Waals surface area contributed by atoms with Crippen LogP contribution in [0.2, 0.25) is 0 Å². The number of hydrogen-bond acceptors (Lipinski definition) is 4. The standard InChI is InChI=1S/C16H10N4O3/c21-14-11(18-15(22)16(23)19-14)8-20-12-4-2-1-3-9(12)10-5-6-17-7-13(10)20/h1-8H,(H,18,22)(H,19,21,23). The molecule has 0 atom stereocenters. The predicted octanol–water partition coefficient (Wildman–Crippen LogP) is 0.760. The average Bonchev–Trinajstić information content (AvgIpc) is 2.87. The van der Waals surface area contributed by atoms with Gasteiger partial charge in [0, 0.05) is 23.2 Å². The van der Waals surface area contributed by atoms with Crippen LogP contribution in [0.3, 0.4) is 0 Å². The lowest BCUT2D eigenvalue weighted by Crippen LogP contribution is -2.51. The monoisotopic (exact) mass is 306 g/mol. The summed E-state index contributed by atoms with van der Waals surface area (Å²) >= 11 is 0. The SMILES string of the molecule is O=C1NC(=O)C(=Cn2c3ccccc3c3ccncc32)NC1=O. The maximum atomic E-state index is 11.9. The quantitative estimate of drug-likeness (QED) is 0.394. The molecule has 2 N–H and O–H groups in total. The van der Waals surface area contributed by atoms with E-state index in [9.17, 15) is 14.4 Å². The van der Waals surface area contributed by atoms with E-state index in [1.54, 1.807) is 17.0 Å². The Balaban J connectivity index is 1.97. The highest BCUT2D eigenvalue weighted by molar-refractivity contribution is 6.42. The van der Waals surface area contributed by atoms with Crippen molar-refractivity contribution < 1.29 is 14.4 Å². The van der Waals surface area contributed by atoms with Gasteiger partial charge >= 0.3 is 11.8 Å². The molecule has 0 aliphatic carbocycles. The summed E-state index contributed by atoms with van der Waals surface area (Å²) in [4.78, 5) is 38.7. The smallest absolute Gasteiger partial charge is 0.312 e. The van der Waals surface area contributed by atoms with Crippen molar-refractivity contribution in [3.8, 4) is 0 Å². The molecule has 0 saturated carbocycles. The molecular weight excluding hydrogens is 296 g/mol. The summed E-state index contributed by atoms with van der Waals surface area (Å²) < 4.78 is 1.77. The van der Waals surface area contributed by atoms with Crippen LogP contribution in [0, 0.1) is 0 Å². The van der Waals surface area contributed by atoms with Crippen molar-refractivity contribution in [3.05, 3.63) is 48.4 Å². The van der Waals surface area contributed by atoms with Crippen LogP contribution >= 0.6 is 0 Å². The van der Waals surface area contributed by atoms with Crippen molar-refractivity contribution in [1.29, 1.82) is 0 Å². The number of pyridine rings is 1. The molecule has 7 nitrogen and oxygen atoms in total. The third-order valence-corrected chi connectivity index (χ3v) is 3.70. The van der Waals surface area contributed by atoms with Crippen LogP contribution < -0.4 is 10.6 Å². The third-order valence-electron chi connectivity index (χ3n) is 3.70. The zero-order valence-electron chi connectivity index (χ0n) is 11.7. The Morgan fingerprint density at radius 2 is 1.61 bits per heavy atom. The fourth-order valence-electron chi connectivity index (χ4n) is 2.67. The summed E-state index contributed by atoms with van der Waals surface area (Å²) in [6, 6.07) is 9.56. The molecule has 3 amide bonds. The van der Waals surface area contributed by atoms with Crippen molar-refractivity contribution in [2.75, 3.05) is 0 Å². The fraction of sp³-hybridized carbons (Fsp3) is 0. The number of benzene rings is 1. The molecule has 1 aliphatic rings. The van der Waals surface area contributed by atoms with Crippen molar-refractivity contribution in [2.24, 2.45) is 0 Å². The number of amides is 3. The zero-order chi connectivity index (χ0) is 16.0. The fourth-order valence-corrected chi connectivity index (χ4v) is 2.67. The van der Waals surface area contributed by atoms with E-state index in [4.69, 9.17) is 0 Å². The second kappa shape index (κ2) is 4.77. The van der Waals surface area contributed by atoms with Gasteiger partial charge in [-0.1, -0.05) is 18.2 Å². The predicted molar refractivity (Wildman–Crippen MR) is 82.8 cm³/mol. The van der Waals surface area contributed by atoms with Gasteiger partial charge < -0.3 is 9.88 Å². The number of nitrogens with one attached hydrogen (secondary N) is 2. The van der Waals surface area contributed by atoms with E-state index in [-0.39, 0.29) is 5.70 Å². The number of carbonyl (C=O) groups excluding carboxylic acids is 3. The summed E-state index contributed by atoms with van der Waals surface area (Å²) in [6.45, 7) is 0. The van der Waals surface area contributed by atoms with Gasteiger partial charge in [-0.25, -0.2) is 0 Å². The van der Waals surface area contributed by atoms with E-state index in [1.807, 2.05) is 35.6 Å². The first kappa shape index (κ1) is 13.2. The number of imide groups is 1. The van der Waals surface area contributed by atoms with E-state index < -0.39 is 17.7 Å². The van der Waals surface area contributed by atoms with Crippen LogP contribution in [-0.4, -0.2) is 27.3 Å². The van der Waals surface area contributed by atoms with E-state index >= 15 is 0 Å². The summed E-state index contributed by atoms with van der Waals surface area (Å²) in [5.74, 6) is -2.48. The van der Waals surface area contributed by atoms with Crippen LogP contribution in [0.4, 0.5) is 0 Å². The molecule has 2 aromatic heterocycles. The number of aromatic nitrogens is 2. The van der Waals surface area contributed by atoms with E-state index in [1.165, 1.54) is 6.20 Å². The molecule has 0 bridgehead atoms. The highest BCUT2D eigenvalue weighted by atomic mass is 16.2. The van der Waals surface area contributed by atoms with Gasteiger partial charge in [0.1, 0.15) is 5.70 Å². The maximum Gasteiger partial charge on any atom is 0.316 e. The van der Waals surface area contributed by atoms with Crippen LogP contribution in [0.15, 0.2) is 48.4 Å². The molecule has 3 aromatic rings. The summed E-state index contributed by atoms with van der Waals surface area (Å²) in [5.41, 5.74) is 1.66. The Hall–Kier alpha value is -3.48. The Bertz CT molecular complexity index is 979. The minimum absolute atomic E-state index is 0.00102. The second-order valence-electron chi connectivity index (χ2n) is 5.06. The molecule has 1 fully saturated rings.